The van der Waals surface area contributed by atoms with Crippen LogP contribution in [-0.4, -0.2) is 28.0 Å². The Balaban J connectivity index is 1.60. The number of imidazole rings is 1. The molecule has 2 N–H and O–H groups in total. The minimum Gasteiger partial charge on any atom is -0.494 e. The predicted molar refractivity (Wildman–Crippen MR) is 110 cm³/mol. The summed E-state index contributed by atoms with van der Waals surface area (Å²) in [6.07, 6.45) is -0.158. The highest BCUT2D eigenvalue weighted by Crippen LogP contribution is 2.36. The Kier molecular flexibility index (Phi) is 5.60. The van der Waals surface area contributed by atoms with Gasteiger partial charge in [0.05, 0.1) is 23.8 Å². The van der Waals surface area contributed by atoms with Crippen molar-refractivity contribution >= 4 is 22.6 Å². The van der Waals surface area contributed by atoms with Gasteiger partial charge in [0.1, 0.15) is 23.0 Å². The lowest BCUT2D eigenvalue weighted by Crippen LogP contribution is -2.17. The molecule has 1 aromatic carbocycles. The van der Waals surface area contributed by atoms with Gasteiger partial charge in [-0.05, 0) is 37.0 Å². The Labute approximate surface area is 177 Å². The number of nitrogens with one attached hydrogen (secondary N) is 2. The molecule has 6 nitrogen and oxygen atoms in total. The lowest BCUT2D eigenvalue weighted by atomic mass is 9.83. The summed E-state index contributed by atoms with van der Waals surface area (Å²) in [7, 11) is 1.45. The summed E-state index contributed by atoms with van der Waals surface area (Å²) >= 11 is 0. The molecule has 1 saturated carbocycles. The second kappa shape index (κ2) is 8.20. The van der Waals surface area contributed by atoms with Crippen LogP contribution in [0.4, 0.5) is 18.9 Å². The molecular formula is C22H23F3N4O2. The molecule has 0 bridgehead atoms. The first kappa shape index (κ1) is 21.1. The Morgan fingerprint density at radius 2 is 1.90 bits per heavy atom. The van der Waals surface area contributed by atoms with Gasteiger partial charge in [-0.15, -0.1) is 0 Å². The molecule has 31 heavy (non-hydrogen) atoms. The molecule has 0 atom stereocenters. The van der Waals surface area contributed by atoms with E-state index in [9.17, 15) is 18.0 Å². The van der Waals surface area contributed by atoms with Gasteiger partial charge in [0, 0.05) is 12.0 Å². The van der Waals surface area contributed by atoms with Crippen molar-refractivity contribution in [3.05, 3.63) is 47.5 Å². The van der Waals surface area contributed by atoms with Gasteiger partial charge in [-0.3, -0.25) is 4.79 Å². The van der Waals surface area contributed by atoms with Crippen LogP contribution in [0.3, 0.4) is 0 Å². The zero-order valence-electron chi connectivity index (χ0n) is 17.2. The molecule has 1 aliphatic carbocycles. The number of H-pyrrole nitrogens is 1. The number of amides is 1. The van der Waals surface area contributed by atoms with Crippen molar-refractivity contribution in [2.75, 3.05) is 12.4 Å². The Hall–Kier alpha value is -3.10. The van der Waals surface area contributed by atoms with Crippen molar-refractivity contribution in [1.82, 2.24) is 15.0 Å². The average Bonchev–Trinajstić information content (AvgIpc) is 3.16. The molecule has 1 fully saturated rings. The maximum Gasteiger partial charge on any atom is 0.433 e. The maximum absolute atomic E-state index is 12.9. The van der Waals surface area contributed by atoms with Gasteiger partial charge in [-0.25, -0.2) is 9.97 Å². The van der Waals surface area contributed by atoms with E-state index in [1.165, 1.54) is 13.2 Å². The number of anilines is 1. The molecule has 0 spiro atoms. The third kappa shape index (κ3) is 4.50. The first-order valence-corrected chi connectivity index (χ1v) is 10.2. The number of pyridine rings is 1. The molecule has 4 rings (SSSR count). The van der Waals surface area contributed by atoms with Gasteiger partial charge in [0.2, 0.25) is 0 Å². The maximum atomic E-state index is 12.9. The first-order valence-electron chi connectivity index (χ1n) is 10.2. The van der Waals surface area contributed by atoms with Crippen LogP contribution in [0, 0.1) is 5.92 Å². The van der Waals surface area contributed by atoms with Crippen LogP contribution in [0.15, 0.2) is 30.3 Å². The predicted octanol–water partition coefficient (Wildman–Crippen LogP) is 5.53. The minimum absolute atomic E-state index is 0.326. The van der Waals surface area contributed by atoms with Crippen molar-refractivity contribution in [2.24, 2.45) is 5.92 Å². The summed E-state index contributed by atoms with van der Waals surface area (Å²) in [4.78, 5) is 24.0. The zero-order chi connectivity index (χ0) is 22.2. The number of carbonyl (C=O) groups is 1. The van der Waals surface area contributed by atoms with Crippen molar-refractivity contribution < 1.29 is 22.7 Å². The quantitative estimate of drug-likeness (QED) is 0.568. The van der Waals surface area contributed by atoms with E-state index < -0.39 is 17.8 Å². The molecule has 1 amide bonds. The van der Waals surface area contributed by atoms with Gasteiger partial charge >= 0.3 is 6.18 Å². The molecule has 0 unspecified atom stereocenters. The number of halogens is 3. The molecule has 0 radical (unpaired) electrons. The van der Waals surface area contributed by atoms with Crippen LogP contribution in [0.1, 0.15) is 60.5 Å². The highest BCUT2D eigenvalue weighted by Gasteiger charge is 2.33. The van der Waals surface area contributed by atoms with Crippen LogP contribution < -0.4 is 10.1 Å². The molecule has 0 saturated heterocycles. The molecule has 3 aromatic rings. The number of rotatable bonds is 4. The normalized spacial score (nSPS) is 19.4. The molecule has 0 aliphatic heterocycles. The summed E-state index contributed by atoms with van der Waals surface area (Å²) in [6.45, 7) is 2.26. The lowest BCUT2D eigenvalue weighted by molar-refractivity contribution is -0.141. The van der Waals surface area contributed by atoms with Gasteiger partial charge < -0.3 is 15.0 Å². The van der Waals surface area contributed by atoms with E-state index in [-0.39, 0.29) is 5.69 Å². The van der Waals surface area contributed by atoms with E-state index in [0.29, 0.717) is 22.9 Å². The molecular weight excluding hydrogens is 409 g/mol. The van der Waals surface area contributed by atoms with Crippen LogP contribution >= 0.6 is 0 Å². The number of aromatic amines is 1. The van der Waals surface area contributed by atoms with Crippen molar-refractivity contribution in [2.45, 2.75) is 44.7 Å². The monoisotopic (exact) mass is 432 g/mol. The summed E-state index contributed by atoms with van der Waals surface area (Å²) in [5.74, 6) is 1.61. The smallest absolute Gasteiger partial charge is 0.433 e. The largest absolute Gasteiger partial charge is 0.494 e. The van der Waals surface area contributed by atoms with E-state index in [4.69, 9.17) is 9.72 Å². The number of benzene rings is 1. The molecule has 1 aliphatic rings. The van der Waals surface area contributed by atoms with E-state index in [0.717, 1.165) is 55.1 Å². The summed E-state index contributed by atoms with van der Waals surface area (Å²) in [5.41, 5.74) is 0.301. The lowest BCUT2D eigenvalue weighted by Gasteiger charge is -2.24. The van der Waals surface area contributed by atoms with Gasteiger partial charge in [-0.2, -0.15) is 13.2 Å². The van der Waals surface area contributed by atoms with Gasteiger partial charge in [-0.1, -0.05) is 25.8 Å². The topological polar surface area (TPSA) is 79.9 Å². The number of ether oxygens (including phenoxy) is 1. The van der Waals surface area contributed by atoms with Crippen LogP contribution in [-0.2, 0) is 6.18 Å². The van der Waals surface area contributed by atoms with E-state index in [1.54, 1.807) is 12.1 Å². The number of fused-ring (bicyclic) bond motifs is 1. The fourth-order valence-corrected chi connectivity index (χ4v) is 3.96. The Bertz CT molecular complexity index is 1100. The van der Waals surface area contributed by atoms with Crippen LogP contribution in [0.5, 0.6) is 5.75 Å². The van der Waals surface area contributed by atoms with Gasteiger partial charge in [0.15, 0.2) is 0 Å². The summed E-state index contributed by atoms with van der Waals surface area (Å²) in [6, 6.07) is 6.59. The number of aromatic nitrogens is 3. The number of nitrogens with zero attached hydrogens (tertiary/aromatic N) is 2. The highest BCUT2D eigenvalue weighted by molar-refractivity contribution is 6.04. The van der Waals surface area contributed by atoms with E-state index >= 15 is 0 Å². The first-order chi connectivity index (χ1) is 14.7. The standard InChI is InChI=1S/C22H23F3N4O2/c1-12-6-8-13(9-7-12)20-27-15-10-17(18(31-2)11-16(15)28-20)29-21(30)14-4-3-5-19(26-14)22(23,24)25/h3-5,10-13H,6-9H2,1-2H3,(H,27,28)(H,29,30). The molecule has 9 heteroatoms. The van der Waals surface area contributed by atoms with Crippen LogP contribution in [0.25, 0.3) is 11.0 Å². The van der Waals surface area contributed by atoms with E-state index in [1.807, 2.05) is 0 Å². The van der Waals surface area contributed by atoms with Crippen molar-refractivity contribution in [3.63, 3.8) is 0 Å². The summed E-state index contributed by atoms with van der Waals surface area (Å²) in [5, 5.41) is 2.60. The van der Waals surface area contributed by atoms with Gasteiger partial charge in [0.25, 0.3) is 5.91 Å². The number of alkyl halides is 3. The zero-order valence-corrected chi connectivity index (χ0v) is 17.2. The average molecular weight is 432 g/mol. The minimum atomic E-state index is -4.63. The Morgan fingerprint density at radius 3 is 2.58 bits per heavy atom. The number of carbonyl (C=O) groups excluding carboxylic acids is 1. The second-order valence-corrected chi connectivity index (χ2v) is 8.01. The van der Waals surface area contributed by atoms with E-state index in [2.05, 4.69) is 22.2 Å². The third-order valence-corrected chi connectivity index (χ3v) is 5.74. The summed E-state index contributed by atoms with van der Waals surface area (Å²) < 4.78 is 44.1. The molecule has 164 valence electrons. The number of hydrogen-bond donors (Lipinski definition) is 2. The van der Waals surface area contributed by atoms with Crippen molar-refractivity contribution in [3.8, 4) is 5.75 Å². The molecule has 2 aromatic heterocycles. The number of methoxy groups -OCH3 is 1. The Morgan fingerprint density at radius 1 is 1.16 bits per heavy atom. The number of hydrogen-bond acceptors (Lipinski definition) is 4. The fourth-order valence-electron chi connectivity index (χ4n) is 3.96. The molecule has 2 heterocycles. The van der Waals surface area contributed by atoms with Crippen LogP contribution in [0.2, 0.25) is 0 Å². The fraction of sp³-hybridized carbons (Fsp3) is 0.409. The highest BCUT2D eigenvalue weighted by atomic mass is 19.4. The second-order valence-electron chi connectivity index (χ2n) is 8.01. The van der Waals surface area contributed by atoms with Crippen molar-refractivity contribution in [1.29, 1.82) is 0 Å². The SMILES string of the molecule is COc1cc2nc(C3CCC(C)CC3)[nH]c2cc1NC(=O)c1cccc(C(F)(F)F)n1. The third-order valence-electron chi connectivity index (χ3n) is 5.74.